The molecule has 1 aromatic heterocycles. The van der Waals surface area contributed by atoms with E-state index < -0.39 is 5.60 Å². The van der Waals surface area contributed by atoms with Crippen molar-refractivity contribution < 1.29 is 24.2 Å². The van der Waals surface area contributed by atoms with Crippen molar-refractivity contribution in [2.45, 2.75) is 52.3 Å². The lowest BCUT2D eigenvalue weighted by molar-refractivity contribution is -0.191. The number of aliphatic hydroxyl groups is 1. The number of nitrogens with zero attached hydrogens (tertiary/aromatic N) is 3. The zero-order valence-electron chi connectivity index (χ0n) is 14.2. The molecule has 9 heteroatoms. The first-order valence-electron chi connectivity index (χ1n) is 7.52. The maximum absolute atomic E-state index is 12.3. The number of halogens is 1. The molecule has 0 spiro atoms. The average molecular weight is 451 g/mol. The number of hydrogen-bond acceptors (Lipinski definition) is 6. The van der Waals surface area contributed by atoms with Gasteiger partial charge in [-0.1, -0.05) is 6.92 Å². The monoisotopic (exact) mass is 451 g/mol. The molecule has 1 unspecified atom stereocenters. The summed E-state index contributed by atoms with van der Waals surface area (Å²) in [6, 6.07) is -0.213. The molecule has 0 aliphatic carbocycles. The maximum atomic E-state index is 12.3. The topological polar surface area (TPSA) is 102 Å². The Bertz CT molecular complexity index is 617. The first-order valence-corrected chi connectivity index (χ1v) is 8.60. The van der Waals surface area contributed by atoms with Gasteiger partial charge >= 0.3 is 12.2 Å². The molecule has 2 rings (SSSR count). The number of amides is 1. The van der Waals surface area contributed by atoms with Crippen LogP contribution >= 0.6 is 22.6 Å². The molecule has 0 fully saturated rings. The fraction of sp³-hybridized carbons (Fsp3) is 0.667. The van der Waals surface area contributed by atoms with E-state index in [-0.39, 0.29) is 24.9 Å². The van der Waals surface area contributed by atoms with Gasteiger partial charge in [-0.05, 0) is 49.8 Å². The van der Waals surface area contributed by atoms with Gasteiger partial charge in [0, 0.05) is 12.1 Å². The van der Waals surface area contributed by atoms with Crippen LogP contribution in [0.3, 0.4) is 0 Å². The second kappa shape index (κ2) is 8.59. The lowest BCUT2D eigenvalue weighted by Gasteiger charge is -2.34. The number of hydrogen-bond donors (Lipinski definition) is 1. The minimum absolute atomic E-state index is 0.0484. The lowest BCUT2D eigenvalue weighted by atomic mass is 10.1. The second-order valence-electron chi connectivity index (χ2n) is 6.29. The second-order valence-corrected chi connectivity index (χ2v) is 7.32. The highest BCUT2D eigenvalue weighted by molar-refractivity contribution is 14.1. The van der Waals surface area contributed by atoms with Crippen molar-refractivity contribution in [2.24, 2.45) is 0 Å². The molecule has 1 N–H and O–H groups in total. The van der Waals surface area contributed by atoms with Crippen molar-refractivity contribution in [1.29, 1.82) is 0 Å². The van der Waals surface area contributed by atoms with Crippen LogP contribution in [0.25, 0.3) is 0 Å². The summed E-state index contributed by atoms with van der Waals surface area (Å²) in [6.07, 6.45) is 0.763. The van der Waals surface area contributed by atoms with Gasteiger partial charge in [-0.25, -0.2) is 4.79 Å². The molecule has 134 valence electrons. The predicted octanol–water partition coefficient (Wildman–Crippen LogP) is 1.75. The zero-order valence-corrected chi connectivity index (χ0v) is 16.4. The molecule has 8 nitrogen and oxygen atoms in total. The quantitative estimate of drug-likeness (QED) is 0.688. The van der Waals surface area contributed by atoms with Crippen molar-refractivity contribution >= 4 is 34.8 Å². The summed E-state index contributed by atoms with van der Waals surface area (Å²) < 4.78 is 8.24. The van der Waals surface area contributed by atoms with E-state index in [0.29, 0.717) is 13.1 Å². The Morgan fingerprint density at radius 2 is 2.04 bits per heavy atom. The highest BCUT2D eigenvalue weighted by Gasteiger charge is 2.33. The number of ether oxygens (including phenoxy) is 1. The first kappa shape index (κ1) is 20.6. The molecule has 0 aromatic carbocycles. The SMILES string of the molecule is CCc1c(I)nn2c1CN(C(=O)OC(C)(C)C)CC2CO.O=C=O. The number of fused-ring (bicyclic) bond motifs is 1. The van der Waals surface area contributed by atoms with Gasteiger partial charge in [0.2, 0.25) is 0 Å². The van der Waals surface area contributed by atoms with Crippen LogP contribution < -0.4 is 0 Å². The van der Waals surface area contributed by atoms with E-state index in [2.05, 4.69) is 34.6 Å². The van der Waals surface area contributed by atoms with Crippen molar-refractivity contribution in [3.63, 3.8) is 0 Å². The highest BCUT2D eigenvalue weighted by atomic mass is 127. The first-order chi connectivity index (χ1) is 11.2. The smallest absolute Gasteiger partial charge is 0.410 e. The number of carbonyl (C=O) groups is 1. The van der Waals surface area contributed by atoms with E-state index in [0.717, 1.165) is 21.4 Å². The van der Waals surface area contributed by atoms with Crippen molar-refractivity contribution in [2.75, 3.05) is 13.2 Å². The fourth-order valence-corrected chi connectivity index (χ4v) is 3.40. The van der Waals surface area contributed by atoms with Crippen LogP contribution in [0.2, 0.25) is 0 Å². The van der Waals surface area contributed by atoms with Crippen LogP contribution in [-0.2, 0) is 27.3 Å². The van der Waals surface area contributed by atoms with Crippen LogP contribution in [0.15, 0.2) is 0 Å². The van der Waals surface area contributed by atoms with Gasteiger partial charge in [-0.2, -0.15) is 14.7 Å². The van der Waals surface area contributed by atoms with E-state index in [1.54, 1.807) is 4.90 Å². The van der Waals surface area contributed by atoms with Crippen LogP contribution in [0, 0.1) is 3.70 Å². The summed E-state index contributed by atoms with van der Waals surface area (Å²) in [5, 5.41) is 14.1. The maximum Gasteiger partial charge on any atom is 0.410 e. The third-order valence-corrected chi connectivity index (χ3v) is 4.27. The molecule has 1 aliphatic rings. The third kappa shape index (κ3) is 5.02. The fourth-order valence-electron chi connectivity index (χ4n) is 2.47. The Morgan fingerprint density at radius 3 is 2.50 bits per heavy atom. The molecule has 0 bridgehead atoms. The Kier molecular flexibility index (Phi) is 7.37. The summed E-state index contributed by atoms with van der Waals surface area (Å²) in [7, 11) is 0. The third-order valence-electron chi connectivity index (χ3n) is 3.40. The lowest BCUT2D eigenvalue weighted by Crippen LogP contribution is -2.44. The zero-order chi connectivity index (χ0) is 18.5. The Hall–Kier alpha value is -1.45. The summed E-state index contributed by atoms with van der Waals surface area (Å²) >= 11 is 2.21. The van der Waals surface area contributed by atoms with Crippen LogP contribution in [0.4, 0.5) is 4.79 Å². The molecule has 1 aliphatic heterocycles. The summed E-state index contributed by atoms with van der Waals surface area (Å²) in [5.74, 6) is 0. The van der Waals surface area contributed by atoms with Crippen molar-refractivity contribution in [1.82, 2.24) is 14.7 Å². The minimum atomic E-state index is -0.522. The average Bonchev–Trinajstić information content (AvgIpc) is 2.80. The number of aromatic nitrogens is 2. The number of carbonyl (C=O) groups excluding carboxylic acids is 3. The number of aliphatic hydroxyl groups excluding tert-OH is 1. The van der Waals surface area contributed by atoms with Gasteiger partial charge < -0.3 is 14.7 Å². The molecule has 0 saturated heterocycles. The van der Waals surface area contributed by atoms with Crippen molar-refractivity contribution in [3.8, 4) is 0 Å². The molecule has 1 aromatic rings. The summed E-state index contributed by atoms with van der Waals surface area (Å²) in [5.41, 5.74) is 1.62. The van der Waals surface area contributed by atoms with Gasteiger partial charge in [-0.3, -0.25) is 4.68 Å². The van der Waals surface area contributed by atoms with Crippen LogP contribution in [-0.4, -0.2) is 50.8 Å². The predicted molar refractivity (Wildman–Crippen MR) is 92.1 cm³/mol. The Labute approximate surface area is 154 Å². The Balaban J connectivity index is 0.000000891. The molecular weight excluding hydrogens is 429 g/mol. The summed E-state index contributed by atoms with van der Waals surface area (Å²) in [4.78, 5) is 30.2. The Morgan fingerprint density at radius 1 is 1.46 bits per heavy atom. The standard InChI is InChI=1S/C14H22IN3O3.CO2/c1-5-10-11-7-17(13(20)21-14(2,3)4)6-9(8-19)18(11)16-12(10)15;2-1-3/h9,19H,5-8H2,1-4H3;. The molecule has 0 saturated carbocycles. The van der Waals surface area contributed by atoms with Gasteiger partial charge in [0.15, 0.2) is 0 Å². The van der Waals surface area contributed by atoms with Crippen molar-refractivity contribution in [3.05, 3.63) is 15.0 Å². The van der Waals surface area contributed by atoms with Crippen LogP contribution in [0.5, 0.6) is 0 Å². The normalized spacial score (nSPS) is 16.6. The summed E-state index contributed by atoms with van der Waals surface area (Å²) in [6.45, 7) is 8.46. The molecular formula is C15H22IN3O5. The van der Waals surface area contributed by atoms with E-state index in [9.17, 15) is 9.90 Å². The van der Waals surface area contributed by atoms with E-state index in [4.69, 9.17) is 14.3 Å². The van der Waals surface area contributed by atoms with E-state index in [1.165, 1.54) is 0 Å². The van der Waals surface area contributed by atoms with Gasteiger partial charge in [-0.15, -0.1) is 0 Å². The van der Waals surface area contributed by atoms with Gasteiger partial charge in [0.1, 0.15) is 9.30 Å². The van der Waals surface area contributed by atoms with Gasteiger partial charge in [0.05, 0.1) is 24.9 Å². The van der Waals surface area contributed by atoms with Gasteiger partial charge in [0.25, 0.3) is 0 Å². The molecule has 1 amide bonds. The molecule has 0 radical (unpaired) electrons. The van der Waals surface area contributed by atoms with E-state index >= 15 is 0 Å². The molecule has 2 heterocycles. The largest absolute Gasteiger partial charge is 0.444 e. The molecule has 24 heavy (non-hydrogen) atoms. The minimum Gasteiger partial charge on any atom is -0.444 e. The highest BCUT2D eigenvalue weighted by Crippen LogP contribution is 2.28. The van der Waals surface area contributed by atoms with Crippen LogP contribution in [0.1, 0.15) is 45.0 Å². The van der Waals surface area contributed by atoms with E-state index in [1.807, 2.05) is 25.5 Å². The molecule has 1 atom stereocenters. The number of rotatable bonds is 2.